The van der Waals surface area contributed by atoms with Gasteiger partial charge in [0, 0.05) is 47.0 Å². The molecule has 0 atom stereocenters. The molecule has 0 radical (unpaired) electrons. The number of carbonyl (C=O) groups excluding carboxylic acids is 3. The van der Waals surface area contributed by atoms with Crippen LogP contribution < -0.4 is 0 Å². The zero-order valence-electron chi connectivity index (χ0n) is 19.6. The first-order valence-electron chi connectivity index (χ1n) is 11.3. The van der Waals surface area contributed by atoms with Gasteiger partial charge in [-0.2, -0.15) is 11.8 Å². The molecule has 1 heterocycles. The molecule has 0 saturated heterocycles. The first-order chi connectivity index (χ1) is 16.5. The summed E-state index contributed by atoms with van der Waals surface area (Å²) >= 11 is 1.72. The van der Waals surface area contributed by atoms with Gasteiger partial charge in [0.25, 0.3) is 5.91 Å². The van der Waals surface area contributed by atoms with E-state index >= 15 is 0 Å². The fourth-order valence-electron chi connectivity index (χ4n) is 3.76. The van der Waals surface area contributed by atoms with Crippen molar-refractivity contribution in [1.82, 2.24) is 9.88 Å². The van der Waals surface area contributed by atoms with Crippen molar-refractivity contribution in [2.24, 2.45) is 0 Å². The maximum absolute atomic E-state index is 13.6. The van der Waals surface area contributed by atoms with Crippen LogP contribution in [0.3, 0.4) is 0 Å². The maximum atomic E-state index is 13.6. The van der Waals surface area contributed by atoms with Gasteiger partial charge in [-0.3, -0.25) is 14.5 Å². The van der Waals surface area contributed by atoms with Gasteiger partial charge in [-0.05, 0) is 41.9 Å². The first kappa shape index (κ1) is 25.3. The number of thioether (sulfide) groups is 1. The number of fused-ring (bicyclic) bond motifs is 1. The van der Waals surface area contributed by atoms with Crippen molar-refractivity contribution in [2.75, 3.05) is 19.4 Å². The molecule has 0 saturated carbocycles. The summed E-state index contributed by atoms with van der Waals surface area (Å²) < 4.78 is 4.68. The summed E-state index contributed by atoms with van der Waals surface area (Å²) in [7, 11) is 1.28. The lowest BCUT2D eigenvalue weighted by Crippen LogP contribution is -2.39. The Kier molecular flexibility index (Phi) is 9.10. The summed E-state index contributed by atoms with van der Waals surface area (Å²) in [4.78, 5) is 43.1. The van der Waals surface area contributed by atoms with E-state index in [0.717, 1.165) is 27.8 Å². The number of carbonyl (C=O) groups is 3. The van der Waals surface area contributed by atoms with Crippen LogP contribution in [0.15, 0.2) is 66.9 Å². The number of H-pyrrole nitrogens is 1. The second kappa shape index (κ2) is 12.2. The Labute approximate surface area is 204 Å². The maximum Gasteiger partial charge on any atom is 0.333 e. The fraction of sp³-hybridized carbons (Fsp3) is 0.296. The summed E-state index contributed by atoms with van der Waals surface area (Å²) in [5.74, 6) is 0.420. The molecule has 1 aromatic heterocycles. The normalized spacial score (nSPS) is 10.8. The first-order valence-corrected chi connectivity index (χ1v) is 12.4. The number of nitrogens with zero attached hydrogens (tertiary/aromatic N) is 1. The molecule has 3 aromatic rings. The van der Waals surface area contributed by atoms with Gasteiger partial charge in [0.05, 0.1) is 7.11 Å². The highest BCUT2D eigenvalue weighted by atomic mass is 32.2. The number of rotatable bonds is 11. The molecule has 2 aromatic carbocycles. The lowest BCUT2D eigenvalue weighted by molar-refractivity contribution is -0.136. The van der Waals surface area contributed by atoms with Crippen LogP contribution in [0.4, 0.5) is 0 Å². The molecule has 0 aliphatic carbocycles. The molecule has 0 aliphatic rings. The van der Waals surface area contributed by atoms with Crippen molar-refractivity contribution in [3.05, 3.63) is 83.6 Å². The molecule has 0 unspecified atom stereocenters. The third-order valence-electron chi connectivity index (χ3n) is 5.65. The van der Waals surface area contributed by atoms with Gasteiger partial charge in [0.2, 0.25) is 5.91 Å². The van der Waals surface area contributed by atoms with E-state index in [0.29, 0.717) is 17.7 Å². The molecule has 3 rings (SSSR count). The van der Waals surface area contributed by atoms with Gasteiger partial charge in [0.15, 0.2) is 0 Å². The highest BCUT2D eigenvalue weighted by molar-refractivity contribution is 7.98. The van der Waals surface area contributed by atoms with Crippen molar-refractivity contribution in [3.8, 4) is 0 Å². The number of methoxy groups -OCH3 is 1. The van der Waals surface area contributed by atoms with Crippen molar-refractivity contribution in [2.45, 2.75) is 31.9 Å². The Bertz CT molecular complexity index is 1180. The summed E-state index contributed by atoms with van der Waals surface area (Å²) in [6.07, 6.45) is 2.57. The third-order valence-corrected chi connectivity index (χ3v) is 6.57. The van der Waals surface area contributed by atoms with Gasteiger partial charge in [0.1, 0.15) is 0 Å². The molecule has 178 valence electrons. The van der Waals surface area contributed by atoms with Crippen LogP contribution in [0.1, 0.15) is 41.3 Å². The number of nitrogens with one attached hydrogen (secondary N) is 1. The van der Waals surface area contributed by atoms with Gasteiger partial charge >= 0.3 is 5.97 Å². The largest absolute Gasteiger partial charge is 0.466 e. The van der Waals surface area contributed by atoms with Gasteiger partial charge in [-0.1, -0.05) is 49.9 Å². The van der Waals surface area contributed by atoms with E-state index in [2.05, 4.69) is 23.2 Å². The van der Waals surface area contributed by atoms with Gasteiger partial charge in [-0.15, -0.1) is 0 Å². The topological polar surface area (TPSA) is 79.5 Å². The number of aromatic amines is 1. The molecule has 0 aliphatic heterocycles. The molecule has 0 spiro atoms. The standard InChI is InChI=1S/C27H30N2O4S/c1-4-34-18-21-9-5-6-11-23(21)26(31)29(25(30)14-13-19(2)27(32)33-3)16-15-20-17-28-24-12-8-7-10-22(20)24/h5-12,17,28H,2,4,13-16,18H2,1,3H3. The van der Waals surface area contributed by atoms with Crippen molar-refractivity contribution in [3.63, 3.8) is 0 Å². The minimum atomic E-state index is -0.550. The number of esters is 1. The van der Waals surface area contributed by atoms with Crippen LogP contribution >= 0.6 is 11.8 Å². The highest BCUT2D eigenvalue weighted by Crippen LogP contribution is 2.22. The fourth-order valence-corrected chi connectivity index (χ4v) is 4.44. The third kappa shape index (κ3) is 6.17. The van der Waals surface area contributed by atoms with Crippen LogP contribution in [-0.2, 0) is 26.5 Å². The Hall–Kier alpha value is -3.32. The van der Waals surface area contributed by atoms with Crippen molar-refractivity contribution < 1.29 is 19.1 Å². The molecule has 2 amide bonds. The summed E-state index contributed by atoms with van der Waals surface area (Å²) in [6, 6.07) is 15.4. The SMILES string of the molecule is C=C(CCC(=O)N(CCc1c[nH]c2ccccc12)C(=O)c1ccccc1CSCC)C(=O)OC. The highest BCUT2D eigenvalue weighted by Gasteiger charge is 2.25. The lowest BCUT2D eigenvalue weighted by Gasteiger charge is -2.22. The number of ether oxygens (including phenoxy) is 1. The van der Waals surface area contributed by atoms with Crippen LogP contribution in [0, 0.1) is 0 Å². The molecule has 6 nitrogen and oxygen atoms in total. The number of amides is 2. The van der Waals surface area contributed by atoms with E-state index in [1.807, 2.05) is 48.7 Å². The minimum absolute atomic E-state index is 0.000561. The quantitative estimate of drug-likeness (QED) is 0.305. The van der Waals surface area contributed by atoms with Crippen molar-refractivity contribution in [1.29, 1.82) is 0 Å². The molecular weight excluding hydrogens is 448 g/mol. The lowest BCUT2D eigenvalue weighted by atomic mass is 10.1. The monoisotopic (exact) mass is 478 g/mol. The Balaban J connectivity index is 1.83. The van der Waals surface area contributed by atoms with E-state index in [4.69, 9.17) is 0 Å². The number of imide groups is 1. The second-order valence-electron chi connectivity index (χ2n) is 7.85. The molecular formula is C27H30N2O4S. The number of aromatic nitrogens is 1. The van der Waals surface area contributed by atoms with Crippen LogP contribution in [-0.4, -0.2) is 47.1 Å². The van der Waals surface area contributed by atoms with Crippen LogP contribution in [0.2, 0.25) is 0 Å². The number of hydrogen-bond donors (Lipinski definition) is 1. The van der Waals surface area contributed by atoms with E-state index < -0.39 is 5.97 Å². The molecule has 1 N–H and O–H groups in total. The van der Waals surface area contributed by atoms with Gasteiger partial charge < -0.3 is 9.72 Å². The summed E-state index contributed by atoms with van der Waals surface area (Å²) in [5.41, 5.74) is 3.69. The predicted octanol–water partition coefficient (Wildman–Crippen LogP) is 5.14. The Morgan fingerprint density at radius 1 is 1.03 bits per heavy atom. The molecule has 34 heavy (non-hydrogen) atoms. The van der Waals surface area contributed by atoms with Gasteiger partial charge in [-0.25, -0.2) is 4.79 Å². The van der Waals surface area contributed by atoms with E-state index in [1.165, 1.54) is 12.0 Å². The van der Waals surface area contributed by atoms with Crippen LogP contribution in [0.5, 0.6) is 0 Å². The van der Waals surface area contributed by atoms with E-state index in [1.54, 1.807) is 17.8 Å². The average molecular weight is 479 g/mol. The molecule has 7 heteroatoms. The smallest absolute Gasteiger partial charge is 0.333 e. The Morgan fingerprint density at radius 2 is 1.76 bits per heavy atom. The minimum Gasteiger partial charge on any atom is -0.466 e. The van der Waals surface area contributed by atoms with Crippen LogP contribution in [0.25, 0.3) is 10.9 Å². The number of benzene rings is 2. The molecule has 0 bridgehead atoms. The number of hydrogen-bond acceptors (Lipinski definition) is 5. The zero-order chi connectivity index (χ0) is 24.5. The Morgan fingerprint density at radius 3 is 2.53 bits per heavy atom. The zero-order valence-corrected chi connectivity index (χ0v) is 20.5. The predicted molar refractivity (Wildman–Crippen MR) is 137 cm³/mol. The second-order valence-corrected chi connectivity index (χ2v) is 9.12. The average Bonchev–Trinajstić information content (AvgIpc) is 3.28. The van der Waals surface area contributed by atoms with Crippen molar-refractivity contribution >= 4 is 40.4 Å². The van der Waals surface area contributed by atoms with E-state index in [9.17, 15) is 14.4 Å². The number of para-hydroxylation sites is 1. The summed E-state index contributed by atoms with van der Waals surface area (Å²) in [6.45, 7) is 6.00. The molecule has 0 fully saturated rings. The summed E-state index contributed by atoms with van der Waals surface area (Å²) in [5, 5.41) is 1.07. The van der Waals surface area contributed by atoms with E-state index in [-0.39, 0.29) is 36.8 Å².